The van der Waals surface area contributed by atoms with Gasteiger partial charge in [0, 0.05) is 6.04 Å². The molecule has 0 aromatic heterocycles. The van der Waals surface area contributed by atoms with E-state index in [4.69, 9.17) is 5.26 Å². The Bertz CT molecular complexity index is 276. The van der Waals surface area contributed by atoms with Crippen LogP contribution in [0.25, 0.3) is 0 Å². The number of nitrogens with zero attached hydrogens (tertiary/aromatic N) is 1. The number of hydrogen-bond acceptors (Lipinski definition) is 2. The third-order valence-corrected chi connectivity index (χ3v) is 3.87. The van der Waals surface area contributed by atoms with Crippen LogP contribution < -0.4 is 5.32 Å². The van der Waals surface area contributed by atoms with E-state index in [2.05, 4.69) is 18.3 Å². The summed E-state index contributed by atoms with van der Waals surface area (Å²) in [6, 6.07) is 2.34. The van der Waals surface area contributed by atoms with E-state index < -0.39 is 5.92 Å². The molecule has 3 nitrogen and oxygen atoms in total. The molecule has 2 unspecified atom stereocenters. The van der Waals surface area contributed by atoms with Gasteiger partial charge >= 0.3 is 0 Å². The van der Waals surface area contributed by atoms with Gasteiger partial charge in [0.15, 0.2) is 0 Å². The molecule has 1 N–H and O–H groups in total. The largest absolute Gasteiger partial charge is 0.352 e. The zero-order valence-corrected chi connectivity index (χ0v) is 11.0. The van der Waals surface area contributed by atoms with Crippen LogP contribution >= 0.6 is 0 Å². The Morgan fingerprint density at radius 1 is 1.29 bits per heavy atom. The Labute approximate surface area is 105 Å². The van der Waals surface area contributed by atoms with E-state index in [0.717, 1.165) is 6.42 Å². The zero-order chi connectivity index (χ0) is 12.7. The topological polar surface area (TPSA) is 52.9 Å². The number of nitrogens with one attached hydrogen (secondary N) is 1. The van der Waals surface area contributed by atoms with Gasteiger partial charge < -0.3 is 5.32 Å². The highest BCUT2D eigenvalue weighted by Crippen LogP contribution is 2.27. The number of rotatable bonds is 5. The first-order chi connectivity index (χ1) is 8.22. The molecule has 1 amide bonds. The standard InChI is InChI=1S/C14H24N2O/c1-3-11(10-15)14(17)16-13(4-2)12-8-6-5-7-9-12/h11-13H,3-9H2,1-2H3,(H,16,17). The Morgan fingerprint density at radius 2 is 1.94 bits per heavy atom. The van der Waals surface area contributed by atoms with E-state index in [1.54, 1.807) is 0 Å². The lowest BCUT2D eigenvalue weighted by molar-refractivity contribution is -0.124. The molecule has 0 saturated heterocycles. The van der Waals surface area contributed by atoms with E-state index in [1.807, 2.05) is 6.92 Å². The van der Waals surface area contributed by atoms with Crippen LogP contribution in [-0.2, 0) is 4.79 Å². The van der Waals surface area contributed by atoms with Crippen molar-refractivity contribution in [3.8, 4) is 6.07 Å². The number of nitriles is 1. The smallest absolute Gasteiger partial charge is 0.237 e. The predicted octanol–water partition coefficient (Wildman–Crippen LogP) is 3.01. The summed E-state index contributed by atoms with van der Waals surface area (Å²) in [5.41, 5.74) is 0. The van der Waals surface area contributed by atoms with E-state index in [0.29, 0.717) is 12.3 Å². The third-order valence-electron chi connectivity index (χ3n) is 3.87. The second-order valence-corrected chi connectivity index (χ2v) is 5.01. The molecule has 1 aliphatic carbocycles. The van der Waals surface area contributed by atoms with Crippen LogP contribution in [0.3, 0.4) is 0 Å². The van der Waals surface area contributed by atoms with Gasteiger partial charge in [-0.15, -0.1) is 0 Å². The van der Waals surface area contributed by atoms with Gasteiger partial charge in [0.2, 0.25) is 5.91 Å². The van der Waals surface area contributed by atoms with E-state index in [-0.39, 0.29) is 11.9 Å². The van der Waals surface area contributed by atoms with Crippen LogP contribution in [0.1, 0.15) is 58.8 Å². The summed E-state index contributed by atoms with van der Waals surface area (Å²) in [5.74, 6) is 0.0639. The summed E-state index contributed by atoms with van der Waals surface area (Å²) in [7, 11) is 0. The van der Waals surface area contributed by atoms with Crippen molar-refractivity contribution in [1.29, 1.82) is 5.26 Å². The minimum absolute atomic E-state index is 0.0765. The van der Waals surface area contributed by atoms with Gasteiger partial charge in [-0.25, -0.2) is 0 Å². The normalized spacial score (nSPS) is 20.3. The molecule has 0 radical (unpaired) electrons. The van der Waals surface area contributed by atoms with E-state index >= 15 is 0 Å². The maximum absolute atomic E-state index is 11.9. The SMILES string of the molecule is CCC(C#N)C(=O)NC(CC)C1CCCCC1. The second kappa shape index (κ2) is 7.32. The second-order valence-electron chi connectivity index (χ2n) is 5.01. The quantitative estimate of drug-likeness (QED) is 0.797. The Morgan fingerprint density at radius 3 is 2.41 bits per heavy atom. The Balaban J connectivity index is 2.51. The Kier molecular flexibility index (Phi) is 6.04. The molecule has 1 rings (SSSR count). The van der Waals surface area contributed by atoms with E-state index in [9.17, 15) is 4.79 Å². The first-order valence-corrected chi connectivity index (χ1v) is 6.92. The van der Waals surface area contributed by atoms with Gasteiger partial charge in [-0.2, -0.15) is 5.26 Å². The highest BCUT2D eigenvalue weighted by Gasteiger charge is 2.25. The van der Waals surface area contributed by atoms with Crippen molar-refractivity contribution >= 4 is 5.91 Å². The number of hydrogen-bond donors (Lipinski definition) is 1. The van der Waals surface area contributed by atoms with Crippen molar-refractivity contribution in [1.82, 2.24) is 5.32 Å². The molecule has 2 atom stereocenters. The molecule has 0 aromatic carbocycles. The third kappa shape index (κ3) is 4.03. The molecule has 0 heterocycles. The average Bonchev–Trinajstić information content (AvgIpc) is 2.38. The van der Waals surface area contributed by atoms with Gasteiger partial charge in [0.25, 0.3) is 0 Å². The fourth-order valence-electron chi connectivity index (χ4n) is 2.71. The summed E-state index contributed by atoms with van der Waals surface area (Å²) < 4.78 is 0. The molecule has 0 bridgehead atoms. The van der Waals surface area contributed by atoms with Gasteiger partial charge in [-0.05, 0) is 31.6 Å². The Hall–Kier alpha value is -1.04. The summed E-state index contributed by atoms with van der Waals surface area (Å²) >= 11 is 0. The summed E-state index contributed by atoms with van der Waals surface area (Å²) in [6.45, 7) is 4.00. The minimum Gasteiger partial charge on any atom is -0.352 e. The van der Waals surface area contributed by atoms with Crippen LogP contribution in [0.5, 0.6) is 0 Å². The van der Waals surface area contributed by atoms with Crippen molar-refractivity contribution in [2.75, 3.05) is 0 Å². The molecule has 1 fully saturated rings. The predicted molar refractivity (Wildman–Crippen MR) is 68.2 cm³/mol. The molecule has 17 heavy (non-hydrogen) atoms. The lowest BCUT2D eigenvalue weighted by Crippen LogP contribution is -2.43. The molecule has 96 valence electrons. The fraction of sp³-hybridized carbons (Fsp3) is 0.857. The van der Waals surface area contributed by atoms with Crippen LogP contribution in [0.2, 0.25) is 0 Å². The first-order valence-electron chi connectivity index (χ1n) is 6.92. The van der Waals surface area contributed by atoms with Crippen molar-refractivity contribution in [3.05, 3.63) is 0 Å². The number of carbonyl (C=O) groups excluding carboxylic acids is 1. The summed E-state index contributed by atoms with van der Waals surface area (Å²) in [5, 5.41) is 12.0. The van der Waals surface area contributed by atoms with Crippen LogP contribution in [0.15, 0.2) is 0 Å². The van der Waals surface area contributed by atoms with Crippen LogP contribution in [0, 0.1) is 23.2 Å². The van der Waals surface area contributed by atoms with Crippen LogP contribution in [-0.4, -0.2) is 11.9 Å². The van der Waals surface area contributed by atoms with Crippen molar-refractivity contribution in [2.24, 2.45) is 11.8 Å². The first kappa shape index (κ1) is 14.0. The molecular weight excluding hydrogens is 212 g/mol. The molecule has 1 aliphatic rings. The van der Waals surface area contributed by atoms with Gasteiger partial charge in [-0.3, -0.25) is 4.79 Å². The number of amides is 1. The van der Waals surface area contributed by atoms with Crippen molar-refractivity contribution < 1.29 is 4.79 Å². The zero-order valence-electron chi connectivity index (χ0n) is 11.0. The maximum atomic E-state index is 11.9. The highest BCUT2D eigenvalue weighted by molar-refractivity contribution is 5.81. The van der Waals surface area contributed by atoms with Gasteiger partial charge in [0.1, 0.15) is 5.92 Å². The van der Waals surface area contributed by atoms with Gasteiger partial charge in [0.05, 0.1) is 6.07 Å². The lowest BCUT2D eigenvalue weighted by atomic mass is 9.82. The van der Waals surface area contributed by atoms with Crippen molar-refractivity contribution in [3.63, 3.8) is 0 Å². The maximum Gasteiger partial charge on any atom is 0.237 e. The van der Waals surface area contributed by atoms with Crippen molar-refractivity contribution in [2.45, 2.75) is 64.8 Å². The average molecular weight is 236 g/mol. The molecular formula is C14H24N2O. The fourth-order valence-corrected chi connectivity index (χ4v) is 2.71. The molecule has 3 heteroatoms. The molecule has 0 aromatic rings. The monoisotopic (exact) mass is 236 g/mol. The molecule has 0 spiro atoms. The van der Waals surface area contributed by atoms with Crippen LogP contribution in [0.4, 0.5) is 0 Å². The molecule has 1 saturated carbocycles. The lowest BCUT2D eigenvalue weighted by Gasteiger charge is -2.30. The summed E-state index contributed by atoms with van der Waals surface area (Å²) in [6.07, 6.45) is 7.92. The summed E-state index contributed by atoms with van der Waals surface area (Å²) in [4.78, 5) is 11.9. The van der Waals surface area contributed by atoms with Gasteiger partial charge in [-0.1, -0.05) is 33.1 Å². The number of carbonyl (C=O) groups is 1. The minimum atomic E-state index is -0.479. The van der Waals surface area contributed by atoms with E-state index in [1.165, 1.54) is 32.1 Å². The molecule has 0 aliphatic heterocycles. The highest BCUT2D eigenvalue weighted by atomic mass is 16.1.